The topological polar surface area (TPSA) is 65.1 Å². The highest BCUT2D eigenvalue weighted by molar-refractivity contribution is 6.31. The molecule has 2 aromatic carbocycles. The first kappa shape index (κ1) is 28.4. The highest BCUT2D eigenvalue weighted by Gasteiger charge is 2.27. The average molecular weight is 527 g/mol. The minimum absolute atomic E-state index is 0.0883. The van der Waals surface area contributed by atoms with Crippen LogP contribution in [0.2, 0.25) is 5.04 Å². The van der Waals surface area contributed by atoms with Crippen molar-refractivity contribution in [3.63, 3.8) is 0 Å². The van der Waals surface area contributed by atoms with Crippen LogP contribution in [0.3, 0.4) is 0 Å². The van der Waals surface area contributed by atoms with Crippen molar-refractivity contribution in [2.24, 2.45) is 0 Å². The Balaban J connectivity index is 0.000000220. The summed E-state index contributed by atoms with van der Waals surface area (Å²) in [7, 11) is -0.668. The fourth-order valence-corrected chi connectivity index (χ4v) is 4.51. The summed E-state index contributed by atoms with van der Waals surface area (Å²) in [5.74, 6) is 1.14. The molecule has 6 nitrogen and oxygen atoms in total. The Bertz CT molecular complexity index is 1310. The quantitative estimate of drug-likeness (QED) is 0.328. The number of aromatic nitrogens is 4. The van der Waals surface area contributed by atoms with Crippen LogP contribution in [0.15, 0.2) is 60.9 Å². The normalized spacial score (nSPS) is 12.2. The van der Waals surface area contributed by atoms with Gasteiger partial charge in [0.05, 0.1) is 23.6 Å². The van der Waals surface area contributed by atoms with E-state index >= 15 is 0 Å². The Morgan fingerprint density at radius 3 is 1.68 bits per heavy atom. The Morgan fingerprint density at radius 2 is 1.24 bits per heavy atom. The Hall–Kier alpha value is -3.14. The predicted octanol–water partition coefficient (Wildman–Crippen LogP) is 5.69. The van der Waals surface area contributed by atoms with Crippen LogP contribution < -0.4 is 0 Å². The number of aliphatic hydroxyl groups is 1. The summed E-state index contributed by atoms with van der Waals surface area (Å²) < 4.78 is 35.8. The molecule has 1 N–H and O–H groups in total. The number of benzene rings is 2. The van der Waals surface area contributed by atoms with Gasteiger partial charge in [-0.1, -0.05) is 20.8 Å². The van der Waals surface area contributed by atoms with Crippen molar-refractivity contribution < 1.29 is 18.3 Å². The number of halogens is 2. The lowest BCUT2D eigenvalue weighted by molar-refractivity contribution is 0.105. The van der Waals surface area contributed by atoms with Crippen LogP contribution in [-0.4, -0.2) is 34.0 Å². The molecule has 0 atom stereocenters. The lowest BCUT2D eigenvalue weighted by atomic mass is 10.1. The van der Waals surface area contributed by atoms with Crippen LogP contribution in [0.4, 0.5) is 8.78 Å². The van der Waals surface area contributed by atoms with Gasteiger partial charge in [0.1, 0.15) is 23.3 Å². The molecule has 2 heterocycles. The molecule has 0 radical (unpaired) electrons. The van der Waals surface area contributed by atoms with E-state index in [1.165, 1.54) is 24.3 Å². The van der Waals surface area contributed by atoms with E-state index in [1.807, 2.05) is 29.2 Å². The first-order valence-corrected chi connectivity index (χ1v) is 13.5. The Labute approximate surface area is 219 Å². The molecule has 4 aromatic rings. The third-order valence-corrected chi connectivity index (χ3v) is 7.40. The maximum absolute atomic E-state index is 13.1. The van der Waals surface area contributed by atoms with E-state index in [4.69, 9.17) is 9.53 Å². The van der Waals surface area contributed by atoms with Crippen LogP contribution in [0.5, 0.6) is 0 Å². The molecular formula is C28H36F2N4O2Si. The average Bonchev–Trinajstić information content (AvgIpc) is 3.42. The lowest BCUT2D eigenvalue weighted by Gasteiger charge is -2.28. The number of imidazole rings is 2. The maximum atomic E-state index is 13.1. The van der Waals surface area contributed by atoms with E-state index in [2.05, 4.69) is 44.6 Å². The molecule has 198 valence electrons. The van der Waals surface area contributed by atoms with Crippen molar-refractivity contribution in [3.05, 3.63) is 95.6 Å². The first-order chi connectivity index (χ1) is 17.3. The van der Waals surface area contributed by atoms with Gasteiger partial charge in [0, 0.05) is 23.8 Å². The van der Waals surface area contributed by atoms with E-state index in [-0.39, 0.29) is 23.3 Å². The zero-order chi connectivity index (χ0) is 27.4. The number of aryl methyl sites for hydroxylation is 2. The molecule has 0 fully saturated rings. The number of rotatable bonds is 6. The molecule has 0 aliphatic carbocycles. The van der Waals surface area contributed by atoms with Gasteiger partial charge in [-0.2, -0.15) is 0 Å². The standard InChI is InChI=1S/C17H25FN2OSi.C11H11FN2O/c1-12-19-15(17(5,6)21-22-16(2,3)4)11-20(12)14-9-7-13(18)8-10-14;1-8-13-10(7-15)6-14(8)11-4-2-9(12)3-5-11/h7-11H,22H2,1-6H3;2-6,15H,7H2,1H3. The van der Waals surface area contributed by atoms with Crippen molar-refractivity contribution in [2.75, 3.05) is 0 Å². The number of nitrogens with zero attached hydrogens (tertiary/aromatic N) is 4. The largest absolute Gasteiger partial charge is 0.413 e. The fourth-order valence-electron chi connectivity index (χ4n) is 3.57. The van der Waals surface area contributed by atoms with Gasteiger partial charge in [-0.05, 0) is 81.3 Å². The van der Waals surface area contributed by atoms with Crippen LogP contribution in [0.1, 0.15) is 57.7 Å². The second-order valence-corrected chi connectivity index (χ2v) is 13.4. The Kier molecular flexibility index (Phi) is 8.83. The van der Waals surface area contributed by atoms with E-state index in [9.17, 15) is 8.78 Å². The number of aliphatic hydroxyl groups excluding tert-OH is 1. The zero-order valence-electron chi connectivity index (χ0n) is 22.6. The molecule has 0 amide bonds. The molecule has 0 saturated carbocycles. The molecule has 0 aliphatic heterocycles. The molecule has 0 aliphatic rings. The van der Waals surface area contributed by atoms with Crippen molar-refractivity contribution in [3.8, 4) is 11.4 Å². The van der Waals surface area contributed by atoms with Gasteiger partial charge in [0.25, 0.3) is 0 Å². The monoisotopic (exact) mass is 526 g/mol. The SMILES string of the molecule is Cc1nc(C(C)(C)O[SiH2]C(C)(C)C)cn1-c1ccc(F)cc1.Cc1nc(CO)cn1-c1ccc(F)cc1. The summed E-state index contributed by atoms with van der Waals surface area (Å²) in [6.07, 6.45) is 3.72. The van der Waals surface area contributed by atoms with Crippen LogP contribution in [0.25, 0.3) is 11.4 Å². The van der Waals surface area contributed by atoms with Gasteiger partial charge in [0.15, 0.2) is 9.76 Å². The maximum Gasteiger partial charge on any atom is 0.168 e. The van der Waals surface area contributed by atoms with Gasteiger partial charge in [0.2, 0.25) is 0 Å². The summed E-state index contributed by atoms with van der Waals surface area (Å²) >= 11 is 0. The summed E-state index contributed by atoms with van der Waals surface area (Å²) in [4.78, 5) is 8.80. The van der Waals surface area contributed by atoms with E-state index < -0.39 is 15.4 Å². The molecular weight excluding hydrogens is 490 g/mol. The number of hydrogen-bond donors (Lipinski definition) is 1. The van der Waals surface area contributed by atoms with E-state index in [1.54, 1.807) is 30.5 Å². The molecule has 0 bridgehead atoms. The third kappa shape index (κ3) is 7.67. The fraction of sp³-hybridized carbons (Fsp3) is 0.357. The van der Waals surface area contributed by atoms with Gasteiger partial charge in [-0.25, -0.2) is 18.7 Å². The smallest absolute Gasteiger partial charge is 0.168 e. The molecule has 0 spiro atoms. The van der Waals surface area contributed by atoms with Crippen LogP contribution >= 0.6 is 0 Å². The minimum atomic E-state index is -0.668. The number of hydrogen-bond acceptors (Lipinski definition) is 4. The first-order valence-electron chi connectivity index (χ1n) is 12.2. The van der Waals surface area contributed by atoms with Gasteiger partial charge >= 0.3 is 0 Å². The van der Waals surface area contributed by atoms with Gasteiger partial charge < -0.3 is 18.7 Å². The van der Waals surface area contributed by atoms with Crippen LogP contribution in [-0.2, 0) is 16.6 Å². The molecule has 0 unspecified atom stereocenters. The summed E-state index contributed by atoms with van der Waals surface area (Å²) in [6, 6.07) is 12.6. The summed E-state index contributed by atoms with van der Waals surface area (Å²) in [6.45, 7) is 14.4. The molecule has 9 heteroatoms. The van der Waals surface area contributed by atoms with E-state index in [0.29, 0.717) is 5.69 Å². The van der Waals surface area contributed by atoms with Crippen molar-refractivity contribution >= 4 is 9.76 Å². The van der Waals surface area contributed by atoms with Crippen molar-refractivity contribution in [2.45, 2.75) is 65.7 Å². The predicted molar refractivity (Wildman–Crippen MR) is 145 cm³/mol. The molecule has 0 saturated heterocycles. The zero-order valence-corrected chi connectivity index (χ0v) is 24.0. The highest BCUT2D eigenvalue weighted by atomic mass is 28.2. The molecule has 2 aromatic heterocycles. The van der Waals surface area contributed by atoms with Gasteiger partial charge in [-0.3, -0.25) is 0 Å². The highest BCUT2D eigenvalue weighted by Crippen LogP contribution is 2.29. The Morgan fingerprint density at radius 1 is 0.784 bits per heavy atom. The second kappa shape index (κ2) is 11.5. The minimum Gasteiger partial charge on any atom is -0.413 e. The molecule has 4 rings (SSSR count). The van der Waals surface area contributed by atoms with Crippen molar-refractivity contribution in [1.29, 1.82) is 0 Å². The van der Waals surface area contributed by atoms with Gasteiger partial charge in [-0.15, -0.1) is 0 Å². The van der Waals surface area contributed by atoms with Crippen LogP contribution in [0, 0.1) is 25.5 Å². The second-order valence-electron chi connectivity index (χ2n) is 10.7. The third-order valence-electron chi connectivity index (χ3n) is 5.67. The molecule has 37 heavy (non-hydrogen) atoms. The van der Waals surface area contributed by atoms with E-state index in [0.717, 1.165) is 28.7 Å². The van der Waals surface area contributed by atoms with Crippen molar-refractivity contribution in [1.82, 2.24) is 19.1 Å². The summed E-state index contributed by atoms with van der Waals surface area (Å²) in [5.41, 5.74) is 2.85. The summed E-state index contributed by atoms with van der Waals surface area (Å²) in [5, 5.41) is 9.17. The lowest BCUT2D eigenvalue weighted by Crippen LogP contribution is -2.28.